The minimum absolute atomic E-state index is 0.150. The third-order valence-electron chi connectivity index (χ3n) is 6.33. The summed E-state index contributed by atoms with van der Waals surface area (Å²) in [5.41, 5.74) is 4.89. The molecule has 0 saturated heterocycles. The molecule has 1 atom stereocenters. The molecule has 0 saturated carbocycles. The van der Waals surface area contributed by atoms with Gasteiger partial charge in [-0.1, -0.05) is 23.7 Å². The molecule has 0 bridgehead atoms. The molecule has 12 heteroatoms. The van der Waals surface area contributed by atoms with E-state index in [1.807, 2.05) is 18.2 Å². The second-order valence-corrected chi connectivity index (χ2v) is 9.04. The summed E-state index contributed by atoms with van der Waals surface area (Å²) in [5.74, 6) is 0.664. The van der Waals surface area contributed by atoms with Crippen LogP contribution in [0.15, 0.2) is 71.9 Å². The van der Waals surface area contributed by atoms with Crippen molar-refractivity contribution in [1.82, 2.24) is 34.7 Å². The molecule has 3 aromatic heterocycles. The summed E-state index contributed by atoms with van der Waals surface area (Å²) >= 11 is 6.29. The topological polar surface area (TPSA) is 144 Å². The molecule has 1 amide bonds. The lowest BCUT2D eigenvalue weighted by molar-refractivity contribution is 0.210. The summed E-state index contributed by atoms with van der Waals surface area (Å²) in [6.45, 7) is 0. The van der Waals surface area contributed by atoms with Crippen LogP contribution < -0.4 is 10.9 Å². The molecule has 4 heterocycles. The molecule has 3 N–H and O–H groups in total. The summed E-state index contributed by atoms with van der Waals surface area (Å²) < 4.78 is 3.29. The van der Waals surface area contributed by atoms with Crippen molar-refractivity contribution in [1.29, 1.82) is 0 Å². The van der Waals surface area contributed by atoms with Crippen LogP contribution in [0, 0.1) is 0 Å². The fourth-order valence-electron chi connectivity index (χ4n) is 4.76. The van der Waals surface area contributed by atoms with Crippen molar-refractivity contribution in [3.8, 4) is 28.1 Å². The van der Waals surface area contributed by atoms with E-state index in [1.165, 1.54) is 11.0 Å². The van der Waals surface area contributed by atoms with Crippen LogP contribution in [0.2, 0.25) is 5.02 Å². The zero-order chi connectivity index (χ0) is 25.5. The molecule has 0 spiro atoms. The van der Waals surface area contributed by atoms with Gasteiger partial charge in [-0.2, -0.15) is 4.68 Å². The highest BCUT2D eigenvalue weighted by atomic mass is 35.5. The predicted octanol–water partition coefficient (Wildman–Crippen LogP) is 4.16. The molecule has 0 aliphatic carbocycles. The number of hydrogen-bond donors (Lipinski definition) is 3. The van der Waals surface area contributed by atoms with Gasteiger partial charge in [0.15, 0.2) is 0 Å². The van der Waals surface area contributed by atoms with Gasteiger partial charge in [0, 0.05) is 33.6 Å². The summed E-state index contributed by atoms with van der Waals surface area (Å²) in [6, 6.07) is 15.7. The van der Waals surface area contributed by atoms with Gasteiger partial charge in [0.05, 0.1) is 23.6 Å². The number of tetrazole rings is 1. The lowest BCUT2D eigenvalue weighted by Crippen LogP contribution is -2.23. The highest BCUT2D eigenvalue weighted by molar-refractivity contribution is 6.31. The highest BCUT2D eigenvalue weighted by Gasteiger charge is 2.28. The van der Waals surface area contributed by atoms with E-state index in [9.17, 15) is 9.59 Å². The monoisotopic (exact) mass is 514 g/mol. The molecule has 1 aliphatic heterocycles. The number of benzene rings is 2. The fourth-order valence-corrected chi connectivity index (χ4v) is 4.93. The minimum atomic E-state index is -1.13. The Balaban J connectivity index is 1.35. The van der Waals surface area contributed by atoms with Crippen LogP contribution in [0.1, 0.15) is 24.0 Å². The molecular formula is C25H19ClN8O3. The van der Waals surface area contributed by atoms with Crippen molar-refractivity contribution in [2.75, 3.05) is 5.32 Å². The van der Waals surface area contributed by atoms with Crippen molar-refractivity contribution in [2.45, 2.75) is 18.9 Å². The molecule has 1 aliphatic rings. The summed E-state index contributed by atoms with van der Waals surface area (Å²) in [5, 5.41) is 23.3. The predicted molar refractivity (Wildman–Crippen MR) is 136 cm³/mol. The molecule has 5 aromatic rings. The van der Waals surface area contributed by atoms with Crippen molar-refractivity contribution in [3.05, 3.63) is 94.0 Å². The second-order valence-electron chi connectivity index (χ2n) is 8.61. The first kappa shape index (κ1) is 22.7. The molecule has 11 nitrogen and oxygen atoms in total. The Bertz CT molecular complexity index is 1690. The Morgan fingerprint density at radius 1 is 1.14 bits per heavy atom. The van der Waals surface area contributed by atoms with Crippen molar-refractivity contribution >= 4 is 23.4 Å². The van der Waals surface area contributed by atoms with E-state index in [2.05, 4.69) is 30.8 Å². The molecule has 6 rings (SSSR count). The van der Waals surface area contributed by atoms with Crippen LogP contribution in [0.25, 0.3) is 28.1 Å². The van der Waals surface area contributed by atoms with E-state index in [0.29, 0.717) is 35.1 Å². The number of nitrogens with one attached hydrogen (secondary N) is 2. The van der Waals surface area contributed by atoms with E-state index < -0.39 is 6.09 Å². The van der Waals surface area contributed by atoms with Gasteiger partial charge in [-0.05, 0) is 65.2 Å². The number of halogens is 1. The van der Waals surface area contributed by atoms with E-state index in [1.54, 1.807) is 47.2 Å². The summed E-state index contributed by atoms with van der Waals surface area (Å²) in [7, 11) is 0. The van der Waals surface area contributed by atoms with Gasteiger partial charge in [-0.25, -0.2) is 9.78 Å². The molecular weight excluding hydrogens is 496 g/mol. The van der Waals surface area contributed by atoms with Crippen molar-refractivity contribution in [3.63, 3.8) is 0 Å². The van der Waals surface area contributed by atoms with Gasteiger partial charge in [-0.15, -0.1) is 5.10 Å². The Labute approximate surface area is 214 Å². The number of anilines is 1. The summed E-state index contributed by atoms with van der Waals surface area (Å²) in [6.07, 6.45) is 3.46. The SMILES string of the molecule is O=C(O)Nc1cccc(-c2cnc([C@@H]3CCc4cc(-c5cc(Cl)ccc5-n5cnnn5)cc(=O)n43)[nH]2)c1. The first-order chi connectivity index (χ1) is 18.0. The maximum absolute atomic E-state index is 13.4. The Morgan fingerprint density at radius 3 is 2.84 bits per heavy atom. The second kappa shape index (κ2) is 9.03. The average molecular weight is 515 g/mol. The van der Waals surface area contributed by atoms with E-state index in [-0.39, 0.29) is 11.6 Å². The number of H-pyrrole nitrogens is 1. The van der Waals surface area contributed by atoms with Crippen LogP contribution in [-0.4, -0.2) is 45.9 Å². The first-order valence-corrected chi connectivity index (χ1v) is 11.8. The number of amides is 1. The third kappa shape index (κ3) is 4.25. The number of aromatic nitrogens is 7. The number of nitrogens with zero attached hydrogens (tertiary/aromatic N) is 6. The van der Waals surface area contributed by atoms with Crippen molar-refractivity contribution in [2.24, 2.45) is 0 Å². The number of imidazole rings is 1. The minimum Gasteiger partial charge on any atom is -0.465 e. The normalized spacial score (nSPS) is 14.5. The number of pyridine rings is 1. The smallest absolute Gasteiger partial charge is 0.409 e. The quantitative estimate of drug-likeness (QED) is 0.319. The number of hydrogen-bond acceptors (Lipinski definition) is 6. The number of rotatable bonds is 5. The largest absolute Gasteiger partial charge is 0.465 e. The maximum atomic E-state index is 13.4. The third-order valence-corrected chi connectivity index (χ3v) is 6.57. The average Bonchev–Trinajstić information content (AvgIpc) is 3.64. The maximum Gasteiger partial charge on any atom is 0.409 e. The van der Waals surface area contributed by atoms with Gasteiger partial charge < -0.3 is 14.7 Å². The highest BCUT2D eigenvalue weighted by Crippen LogP contribution is 2.34. The lowest BCUT2D eigenvalue weighted by atomic mass is 10.0. The summed E-state index contributed by atoms with van der Waals surface area (Å²) in [4.78, 5) is 32.2. The molecule has 184 valence electrons. The Hall–Kier alpha value is -4.77. The molecule has 37 heavy (non-hydrogen) atoms. The molecule has 0 fully saturated rings. The van der Waals surface area contributed by atoms with Gasteiger partial charge in [0.2, 0.25) is 0 Å². The number of carboxylic acid groups (broad SMARTS) is 1. The van der Waals surface area contributed by atoms with E-state index in [0.717, 1.165) is 28.1 Å². The van der Waals surface area contributed by atoms with Crippen LogP contribution in [0.3, 0.4) is 0 Å². The number of fused-ring (bicyclic) bond motifs is 1. The van der Waals surface area contributed by atoms with Gasteiger partial charge in [-0.3, -0.25) is 10.1 Å². The van der Waals surface area contributed by atoms with Crippen LogP contribution in [0.5, 0.6) is 0 Å². The van der Waals surface area contributed by atoms with Gasteiger partial charge in [0.1, 0.15) is 12.2 Å². The Morgan fingerprint density at radius 2 is 2.03 bits per heavy atom. The van der Waals surface area contributed by atoms with Crippen LogP contribution >= 0.6 is 11.6 Å². The zero-order valence-corrected chi connectivity index (χ0v) is 19.9. The van der Waals surface area contributed by atoms with Crippen molar-refractivity contribution < 1.29 is 9.90 Å². The fraction of sp³-hybridized carbons (Fsp3) is 0.120. The molecule has 2 aromatic carbocycles. The number of carbonyl (C=O) groups is 1. The Kier molecular flexibility index (Phi) is 5.53. The van der Waals surface area contributed by atoms with Crippen LogP contribution in [-0.2, 0) is 6.42 Å². The van der Waals surface area contributed by atoms with Gasteiger partial charge >= 0.3 is 6.09 Å². The first-order valence-electron chi connectivity index (χ1n) is 11.4. The molecule has 0 radical (unpaired) electrons. The zero-order valence-electron chi connectivity index (χ0n) is 19.2. The van der Waals surface area contributed by atoms with E-state index in [4.69, 9.17) is 16.7 Å². The standard InChI is InChI=1S/C25H19ClN8O3/c26-16-4-6-21(33-13-28-31-32-33)19(11-16)15-9-18-5-7-22(34(18)23(35)10-15)24-27-12-20(30-24)14-2-1-3-17(8-14)29-25(36)37/h1-4,6,8-13,22,29H,5,7H2,(H,27,30)(H,36,37)/t22-/m0/s1. The molecule has 0 unspecified atom stereocenters. The van der Waals surface area contributed by atoms with Crippen LogP contribution in [0.4, 0.5) is 10.5 Å². The van der Waals surface area contributed by atoms with E-state index >= 15 is 0 Å². The number of aromatic amines is 1. The number of aryl methyl sites for hydroxylation is 1. The lowest BCUT2D eigenvalue weighted by Gasteiger charge is -2.15. The van der Waals surface area contributed by atoms with Gasteiger partial charge in [0.25, 0.3) is 5.56 Å².